The molecule has 0 atom stereocenters. The highest BCUT2D eigenvalue weighted by Crippen LogP contribution is 2.26. The van der Waals surface area contributed by atoms with Crippen molar-refractivity contribution >= 4 is 17.4 Å². The summed E-state index contributed by atoms with van der Waals surface area (Å²) < 4.78 is 7.08. The second-order valence-electron chi connectivity index (χ2n) is 11.4. The molecule has 1 N–H and O–H groups in total. The van der Waals surface area contributed by atoms with Crippen LogP contribution in [0.15, 0.2) is 53.4 Å². The zero-order chi connectivity index (χ0) is 27.7. The number of rotatable bonds is 6. The van der Waals surface area contributed by atoms with E-state index in [9.17, 15) is 4.79 Å². The highest BCUT2D eigenvalue weighted by atomic mass is 16.5. The van der Waals surface area contributed by atoms with Gasteiger partial charge in [0.25, 0.3) is 5.91 Å². The highest BCUT2D eigenvalue weighted by molar-refractivity contribution is 6.04. The van der Waals surface area contributed by atoms with Crippen molar-refractivity contribution in [3.8, 4) is 16.9 Å². The molecular weight excluding hydrogens is 492 g/mol. The van der Waals surface area contributed by atoms with Crippen molar-refractivity contribution in [3.05, 3.63) is 65.8 Å². The van der Waals surface area contributed by atoms with E-state index in [1.54, 1.807) is 22.9 Å². The highest BCUT2D eigenvalue weighted by Gasteiger charge is 2.22. The number of hydrogen-bond acceptors (Lipinski definition) is 8. The minimum atomic E-state index is -0.278. The third-order valence-corrected chi connectivity index (χ3v) is 7.13. The number of hydrogen-bond donors (Lipinski definition) is 1. The lowest BCUT2D eigenvalue weighted by Crippen LogP contribution is -2.48. The minimum absolute atomic E-state index is 0.199. The number of benzene rings is 1. The van der Waals surface area contributed by atoms with Gasteiger partial charge in [0.15, 0.2) is 5.82 Å². The first-order valence-electron chi connectivity index (χ1n) is 13.3. The predicted octanol–water partition coefficient (Wildman–Crippen LogP) is 4.71. The second kappa shape index (κ2) is 10.6. The maximum Gasteiger partial charge on any atom is 0.256 e. The van der Waals surface area contributed by atoms with Gasteiger partial charge < -0.3 is 14.7 Å². The van der Waals surface area contributed by atoms with Gasteiger partial charge in [0, 0.05) is 61.0 Å². The fraction of sp³-hybridized carbons (Fsp3) is 0.414. The molecule has 1 aliphatic heterocycles. The van der Waals surface area contributed by atoms with Gasteiger partial charge in [-0.25, -0.2) is 4.68 Å². The van der Waals surface area contributed by atoms with Gasteiger partial charge in [-0.15, -0.1) is 5.10 Å². The fourth-order valence-corrected chi connectivity index (χ4v) is 4.62. The number of pyridine rings is 1. The molecular formula is C29H36N8O2. The van der Waals surface area contributed by atoms with E-state index in [1.807, 2.05) is 52.4 Å². The Morgan fingerprint density at radius 2 is 1.82 bits per heavy atom. The monoisotopic (exact) mass is 528 g/mol. The number of nitrogens with one attached hydrogen (secondary N) is 1. The number of aryl methyl sites for hydroxylation is 1. The van der Waals surface area contributed by atoms with Crippen LogP contribution in [0.25, 0.3) is 16.9 Å². The summed E-state index contributed by atoms with van der Waals surface area (Å²) in [6.45, 7) is 16.5. The first kappa shape index (κ1) is 26.6. The SMILES string of the molecule is Cc1ccc(C(=O)Nc2cc(C(C)(C)C)on2)cc1-n1cc(-c2cncc(N3CCN(C(C)C)CC3)c2)nn1. The molecule has 4 aromatic rings. The summed E-state index contributed by atoms with van der Waals surface area (Å²) in [5.41, 5.74) is 4.73. The third kappa shape index (κ3) is 5.85. The molecule has 10 heteroatoms. The minimum Gasteiger partial charge on any atom is -0.368 e. The van der Waals surface area contributed by atoms with Crippen LogP contribution >= 0.6 is 0 Å². The molecule has 1 aliphatic rings. The Kier molecular flexibility index (Phi) is 7.22. The number of carbonyl (C=O) groups excluding carboxylic acids is 1. The van der Waals surface area contributed by atoms with Crippen molar-refractivity contribution in [2.24, 2.45) is 0 Å². The van der Waals surface area contributed by atoms with E-state index in [0.717, 1.165) is 54.4 Å². The largest absolute Gasteiger partial charge is 0.368 e. The molecule has 1 aromatic carbocycles. The van der Waals surface area contributed by atoms with Crippen LogP contribution in [0.1, 0.15) is 56.3 Å². The van der Waals surface area contributed by atoms with Gasteiger partial charge in [-0.05, 0) is 44.5 Å². The Labute approximate surface area is 229 Å². The van der Waals surface area contributed by atoms with Crippen LogP contribution in [0.4, 0.5) is 11.5 Å². The zero-order valence-corrected chi connectivity index (χ0v) is 23.5. The normalized spacial score (nSPS) is 14.7. The van der Waals surface area contributed by atoms with Gasteiger partial charge in [0.1, 0.15) is 11.5 Å². The van der Waals surface area contributed by atoms with E-state index >= 15 is 0 Å². The summed E-state index contributed by atoms with van der Waals surface area (Å²) >= 11 is 0. The van der Waals surface area contributed by atoms with E-state index < -0.39 is 0 Å². The number of carbonyl (C=O) groups is 1. The fourth-order valence-electron chi connectivity index (χ4n) is 4.62. The molecule has 0 aliphatic carbocycles. The molecule has 3 aromatic heterocycles. The summed E-state index contributed by atoms with van der Waals surface area (Å²) in [6.07, 6.45) is 5.59. The molecule has 1 amide bonds. The molecule has 0 spiro atoms. The lowest BCUT2D eigenvalue weighted by atomic mass is 9.93. The van der Waals surface area contributed by atoms with Crippen LogP contribution in [0.3, 0.4) is 0 Å². The Balaban J connectivity index is 1.33. The quantitative estimate of drug-likeness (QED) is 0.384. The number of aromatic nitrogens is 5. The zero-order valence-electron chi connectivity index (χ0n) is 23.5. The molecule has 5 rings (SSSR count). The van der Waals surface area contributed by atoms with Crippen LogP contribution in [-0.2, 0) is 5.41 Å². The molecule has 10 nitrogen and oxygen atoms in total. The van der Waals surface area contributed by atoms with Crippen LogP contribution in [-0.4, -0.2) is 68.2 Å². The molecule has 0 unspecified atom stereocenters. The predicted molar refractivity (Wildman–Crippen MR) is 151 cm³/mol. The van der Waals surface area contributed by atoms with Crippen molar-refractivity contribution in [2.45, 2.75) is 53.0 Å². The first-order valence-corrected chi connectivity index (χ1v) is 13.3. The van der Waals surface area contributed by atoms with Gasteiger partial charge in [0.05, 0.1) is 23.8 Å². The smallest absolute Gasteiger partial charge is 0.256 e. The molecule has 204 valence electrons. The summed E-state index contributed by atoms with van der Waals surface area (Å²) in [4.78, 5) is 22.3. The van der Waals surface area contributed by atoms with Crippen LogP contribution in [0.5, 0.6) is 0 Å². The van der Waals surface area contributed by atoms with Crippen molar-refractivity contribution < 1.29 is 9.32 Å². The van der Waals surface area contributed by atoms with Gasteiger partial charge >= 0.3 is 0 Å². The van der Waals surface area contributed by atoms with Crippen molar-refractivity contribution in [2.75, 3.05) is 36.4 Å². The topological polar surface area (TPSA) is 105 Å². The van der Waals surface area contributed by atoms with Crippen LogP contribution in [0.2, 0.25) is 0 Å². The summed E-state index contributed by atoms with van der Waals surface area (Å²) in [7, 11) is 0. The first-order chi connectivity index (χ1) is 18.6. The second-order valence-corrected chi connectivity index (χ2v) is 11.4. The van der Waals surface area contributed by atoms with Gasteiger partial charge in [-0.1, -0.05) is 37.2 Å². The van der Waals surface area contributed by atoms with Crippen molar-refractivity contribution in [1.29, 1.82) is 0 Å². The van der Waals surface area contributed by atoms with Crippen molar-refractivity contribution in [3.63, 3.8) is 0 Å². The summed E-state index contributed by atoms with van der Waals surface area (Å²) in [5.74, 6) is 0.807. The third-order valence-electron chi connectivity index (χ3n) is 7.13. The van der Waals surface area contributed by atoms with Gasteiger partial charge in [-0.2, -0.15) is 0 Å². The van der Waals surface area contributed by atoms with E-state index in [1.165, 1.54) is 0 Å². The van der Waals surface area contributed by atoms with E-state index in [-0.39, 0.29) is 11.3 Å². The maximum absolute atomic E-state index is 13.0. The molecule has 0 saturated carbocycles. The Morgan fingerprint density at radius 3 is 2.51 bits per heavy atom. The molecule has 0 radical (unpaired) electrons. The lowest BCUT2D eigenvalue weighted by molar-refractivity contribution is 0.102. The summed E-state index contributed by atoms with van der Waals surface area (Å²) in [5, 5.41) is 15.6. The lowest BCUT2D eigenvalue weighted by Gasteiger charge is -2.38. The molecule has 0 bridgehead atoms. The van der Waals surface area contributed by atoms with Gasteiger partial charge in [0.2, 0.25) is 0 Å². The van der Waals surface area contributed by atoms with E-state index in [0.29, 0.717) is 23.2 Å². The van der Waals surface area contributed by atoms with Crippen molar-refractivity contribution in [1.82, 2.24) is 30.0 Å². The van der Waals surface area contributed by atoms with Crippen LogP contribution < -0.4 is 10.2 Å². The van der Waals surface area contributed by atoms with Crippen LogP contribution in [0, 0.1) is 6.92 Å². The average Bonchev–Trinajstić information content (AvgIpc) is 3.59. The molecule has 39 heavy (non-hydrogen) atoms. The average molecular weight is 529 g/mol. The Morgan fingerprint density at radius 1 is 1.05 bits per heavy atom. The Bertz CT molecular complexity index is 1460. The number of amides is 1. The molecule has 1 saturated heterocycles. The van der Waals surface area contributed by atoms with Gasteiger partial charge in [-0.3, -0.25) is 14.7 Å². The van der Waals surface area contributed by atoms with E-state index in [4.69, 9.17) is 4.52 Å². The standard InChI is InChI=1S/C29H36N8O2/c1-19(2)35-9-11-36(12-10-35)23-13-22(16-30-17-23)24-18-37(34-32-24)25-14-21(8-7-20(25)3)28(38)31-27-15-26(39-33-27)29(4,5)6/h7-8,13-19H,9-12H2,1-6H3,(H,31,33,38). The number of piperazine rings is 1. The Hall–Kier alpha value is -4.05. The summed E-state index contributed by atoms with van der Waals surface area (Å²) in [6, 6.07) is 9.91. The number of anilines is 2. The molecule has 4 heterocycles. The number of nitrogens with zero attached hydrogens (tertiary/aromatic N) is 7. The molecule has 1 fully saturated rings. The maximum atomic E-state index is 13.0. The van der Waals surface area contributed by atoms with E-state index in [2.05, 4.69) is 55.5 Å².